The van der Waals surface area contributed by atoms with E-state index in [1.807, 2.05) is 0 Å². The van der Waals surface area contributed by atoms with Crippen molar-refractivity contribution in [1.29, 1.82) is 0 Å². The first-order valence-corrected chi connectivity index (χ1v) is 8.45. The van der Waals surface area contributed by atoms with Crippen LogP contribution in [0.4, 0.5) is 0 Å². The Balaban J connectivity index is 2.78. The Morgan fingerprint density at radius 2 is 1.50 bits per heavy atom. The van der Waals surface area contributed by atoms with Crippen LogP contribution in [0.3, 0.4) is 0 Å². The van der Waals surface area contributed by atoms with Gasteiger partial charge in [-0.3, -0.25) is 0 Å². The highest BCUT2D eigenvalue weighted by Gasteiger charge is 2.42. The van der Waals surface area contributed by atoms with Crippen molar-refractivity contribution in [1.82, 2.24) is 0 Å². The van der Waals surface area contributed by atoms with Crippen LogP contribution in [0, 0.1) is 0 Å². The van der Waals surface area contributed by atoms with E-state index in [2.05, 4.69) is 0 Å². The summed E-state index contributed by atoms with van der Waals surface area (Å²) >= 11 is 0. The van der Waals surface area contributed by atoms with E-state index in [1.54, 1.807) is 13.8 Å². The Kier molecular flexibility index (Phi) is 10.5. The van der Waals surface area contributed by atoms with E-state index in [0.717, 1.165) is 0 Å². The molecular formula is C16H28O10. The number of aliphatic hydroxyl groups is 4. The van der Waals surface area contributed by atoms with Crippen molar-refractivity contribution in [2.75, 3.05) is 46.2 Å². The van der Waals surface area contributed by atoms with Gasteiger partial charge in [0.1, 0.15) is 31.5 Å². The van der Waals surface area contributed by atoms with Gasteiger partial charge in [-0.25, -0.2) is 4.79 Å². The molecule has 0 aromatic rings. The molecule has 0 saturated heterocycles. The van der Waals surface area contributed by atoms with E-state index in [9.17, 15) is 20.1 Å². The summed E-state index contributed by atoms with van der Waals surface area (Å²) in [6.45, 7) is 3.23. The van der Waals surface area contributed by atoms with Crippen molar-refractivity contribution in [2.45, 2.75) is 38.3 Å². The molecule has 0 fully saturated rings. The maximum absolute atomic E-state index is 12.0. The number of cyclic esters (lactones) is 1. The molecular weight excluding hydrogens is 352 g/mol. The van der Waals surface area contributed by atoms with Gasteiger partial charge in [-0.1, -0.05) is 0 Å². The summed E-state index contributed by atoms with van der Waals surface area (Å²) in [4.78, 5) is 12.0. The summed E-state index contributed by atoms with van der Waals surface area (Å²) in [6.07, 6.45) is -4.66. The lowest BCUT2D eigenvalue weighted by molar-refractivity contribution is -0.149. The lowest BCUT2D eigenvalue weighted by Crippen LogP contribution is -2.33. The summed E-state index contributed by atoms with van der Waals surface area (Å²) in [5, 5.41) is 38.4. The molecule has 4 N–H and O–H groups in total. The maximum Gasteiger partial charge on any atom is 0.378 e. The second kappa shape index (κ2) is 12.0. The Hall–Kier alpha value is -1.43. The minimum Gasteiger partial charge on any atom is -0.487 e. The molecule has 10 heteroatoms. The molecule has 0 radical (unpaired) electrons. The minimum absolute atomic E-state index is 0.0186. The van der Waals surface area contributed by atoms with Gasteiger partial charge in [-0.15, -0.1) is 0 Å². The lowest BCUT2D eigenvalue weighted by atomic mass is 10.2. The molecule has 0 aromatic heterocycles. The number of aliphatic hydroxyl groups excluding tert-OH is 4. The number of rotatable bonds is 14. The fourth-order valence-electron chi connectivity index (χ4n) is 2.05. The van der Waals surface area contributed by atoms with Crippen molar-refractivity contribution in [3.05, 3.63) is 11.5 Å². The molecule has 0 amide bonds. The summed E-state index contributed by atoms with van der Waals surface area (Å²) < 4.78 is 25.7. The monoisotopic (exact) mass is 380 g/mol. The van der Waals surface area contributed by atoms with Gasteiger partial charge in [0.25, 0.3) is 0 Å². The average molecular weight is 380 g/mol. The molecule has 1 rings (SSSR count). The van der Waals surface area contributed by atoms with Gasteiger partial charge in [0.2, 0.25) is 5.76 Å². The number of hydrogen-bond acceptors (Lipinski definition) is 10. The predicted octanol–water partition coefficient (Wildman–Crippen LogP) is -1.70. The zero-order valence-corrected chi connectivity index (χ0v) is 15.0. The SMILES string of the molecule is CCOCC(O)COC1=C(OCC(O)COCC)C(C(O)CO)OC1=O. The molecule has 26 heavy (non-hydrogen) atoms. The third-order valence-corrected chi connectivity index (χ3v) is 3.32. The van der Waals surface area contributed by atoms with Crippen molar-refractivity contribution in [2.24, 2.45) is 0 Å². The van der Waals surface area contributed by atoms with Crippen LogP contribution in [-0.4, -0.2) is 97.1 Å². The van der Waals surface area contributed by atoms with Gasteiger partial charge in [0, 0.05) is 13.2 Å². The van der Waals surface area contributed by atoms with E-state index in [0.29, 0.717) is 13.2 Å². The first-order chi connectivity index (χ1) is 12.4. The van der Waals surface area contributed by atoms with Crippen LogP contribution in [0.5, 0.6) is 0 Å². The van der Waals surface area contributed by atoms with Gasteiger partial charge >= 0.3 is 5.97 Å². The summed E-state index contributed by atoms with van der Waals surface area (Å²) in [7, 11) is 0. The molecule has 10 nitrogen and oxygen atoms in total. The minimum atomic E-state index is -1.42. The normalized spacial score (nSPS) is 20.7. The zero-order valence-electron chi connectivity index (χ0n) is 15.0. The third-order valence-electron chi connectivity index (χ3n) is 3.32. The second-order valence-corrected chi connectivity index (χ2v) is 5.52. The molecule has 1 aliphatic rings. The highest BCUT2D eigenvalue weighted by Crippen LogP contribution is 2.27. The van der Waals surface area contributed by atoms with E-state index < -0.39 is 37.0 Å². The van der Waals surface area contributed by atoms with Crippen molar-refractivity contribution in [3.63, 3.8) is 0 Å². The summed E-state index contributed by atoms with van der Waals surface area (Å²) in [6, 6.07) is 0. The quantitative estimate of drug-likeness (QED) is 0.258. The third kappa shape index (κ3) is 7.06. The highest BCUT2D eigenvalue weighted by atomic mass is 16.6. The second-order valence-electron chi connectivity index (χ2n) is 5.52. The van der Waals surface area contributed by atoms with Crippen molar-refractivity contribution >= 4 is 5.97 Å². The van der Waals surface area contributed by atoms with Crippen LogP contribution in [0.2, 0.25) is 0 Å². The molecule has 0 aromatic carbocycles. The molecule has 4 unspecified atom stereocenters. The average Bonchev–Trinajstić information content (AvgIpc) is 2.95. The molecule has 4 atom stereocenters. The smallest absolute Gasteiger partial charge is 0.378 e. The first-order valence-electron chi connectivity index (χ1n) is 8.45. The molecule has 0 aliphatic carbocycles. The Morgan fingerprint density at radius 3 is 2.00 bits per heavy atom. The molecule has 0 saturated carbocycles. The van der Waals surface area contributed by atoms with E-state index in [1.165, 1.54) is 0 Å². The fourth-order valence-corrected chi connectivity index (χ4v) is 2.05. The molecule has 1 heterocycles. The van der Waals surface area contributed by atoms with Gasteiger partial charge in [0.15, 0.2) is 11.9 Å². The number of esters is 1. The molecule has 0 spiro atoms. The largest absolute Gasteiger partial charge is 0.487 e. The van der Waals surface area contributed by atoms with Crippen molar-refractivity contribution < 1.29 is 48.9 Å². The number of carbonyl (C=O) groups excluding carboxylic acids is 1. The van der Waals surface area contributed by atoms with Crippen LogP contribution in [0.25, 0.3) is 0 Å². The van der Waals surface area contributed by atoms with Gasteiger partial charge in [-0.2, -0.15) is 0 Å². The van der Waals surface area contributed by atoms with Crippen LogP contribution in [-0.2, 0) is 28.5 Å². The lowest BCUT2D eigenvalue weighted by Gasteiger charge is -2.20. The van der Waals surface area contributed by atoms with Crippen LogP contribution < -0.4 is 0 Å². The van der Waals surface area contributed by atoms with Gasteiger partial charge < -0.3 is 44.1 Å². The number of carbonyl (C=O) groups is 1. The number of ether oxygens (including phenoxy) is 5. The van der Waals surface area contributed by atoms with E-state index in [4.69, 9.17) is 28.8 Å². The van der Waals surface area contributed by atoms with Gasteiger partial charge in [0.05, 0.1) is 19.8 Å². The Morgan fingerprint density at radius 1 is 0.962 bits per heavy atom. The van der Waals surface area contributed by atoms with Crippen LogP contribution >= 0.6 is 0 Å². The fraction of sp³-hybridized carbons (Fsp3) is 0.812. The Labute approximate surface area is 151 Å². The molecule has 152 valence electrons. The molecule has 1 aliphatic heterocycles. The molecule has 0 bridgehead atoms. The maximum atomic E-state index is 12.0. The predicted molar refractivity (Wildman–Crippen MR) is 86.9 cm³/mol. The van der Waals surface area contributed by atoms with E-state index >= 15 is 0 Å². The van der Waals surface area contributed by atoms with Crippen LogP contribution in [0.15, 0.2) is 11.5 Å². The first kappa shape index (κ1) is 22.6. The van der Waals surface area contributed by atoms with Crippen molar-refractivity contribution in [3.8, 4) is 0 Å². The standard InChI is InChI=1S/C16H28O10/c1-3-22-6-10(18)8-24-14-13(12(20)5-17)26-16(21)15(14)25-9-11(19)7-23-4-2/h10-13,17-20H,3-9H2,1-2H3. The topological polar surface area (TPSA) is 144 Å². The zero-order chi connectivity index (χ0) is 19.5. The van der Waals surface area contributed by atoms with Crippen LogP contribution in [0.1, 0.15) is 13.8 Å². The summed E-state index contributed by atoms with van der Waals surface area (Å²) in [5.74, 6) is -1.39. The highest BCUT2D eigenvalue weighted by molar-refractivity contribution is 5.89. The number of hydrogen-bond donors (Lipinski definition) is 4. The Bertz CT molecular complexity index is 452. The summed E-state index contributed by atoms with van der Waals surface area (Å²) in [5.41, 5.74) is 0. The van der Waals surface area contributed by atoms with E-state index in [-0.39, 0.29) is 37.9 Å². The van der Waals surface area contributed by atoms with Gasteiger partial charge in [-0.05, 0) is 13.8 Å².